The highest BCUT2D eigenvalue weighted by molar-refractivity contribution is 5.97. The van der Waals surface area contributed by atoms with Crippen LogP contribution < -0.4 is 5.32 Å². The Morgan fingerprint density at radius 2 is 1.68 bits per heavy atom. The van der Waals surface area contributed by atoms with Crippen LogP contribution in [0, 0.1) is 10.1 Å². The highest BCUT2D eigenvalue weighted by Gasteiger charge is 2.30. The fourth-order valence-corrected chi connectivity index (χ4v) is 1.16. The van der Waals surface area contributed by atoms with Gasteiger partial charge in [0.15, 0.2) is 12.2 Å². The third kappa shape index (κ3) is 3.72. The molecule has 0 unspecified atom stereocenters. The van der Waals surface area contributed by atoms with Gasteiger partial charge in [-0.15, -0.1) is 0 Å². The Bertz CT molecular complexity index is 499. The maximum atomic E-state index is 11.4. The van der Waals surface area contributed by atoms with Gasteiger partial charge in [-0.3, -0.25) is 14.9 Å². The number of carbonyl (C=O) groups excluding carboxylic acids is 1. The van der Waals surface area contributed by atoms with Crippen LogP contribution in [-0.4, -0.2) is 44.3 Å². The number of hydrogen-bond donors (Lipinski definition) is 4. The van der Waals surface area contributed by atoms with E-state index in [9.17, 15) is 24.8 Å². The second kappa shape index (κ2) is 5.89. The smallest absolute Gasteiger partial charge is 0.335 e. The number of non-ortho nitro benzene ring substituents is 1. The number of aliphatic hydroxyl groups excluding tert-OH is 2. The van der Waals surface area contributed by atoms with E-state index in [0.717, 1.165) is 12.1 Å². The largest absolute Gasteiger partial charge is 0.479 e. The number of carbonyl (C=O) groups is 2. The first-order chi connectivity index (χ1) is 8.82. The molecular weight excluding hydrogens is 260 g/mol. The van der Waals surface area contributed by atoms with Gasteiger partial charge in [-0.25, -0.2) is 4.79 Å². The first-order valence-corrected chi connectivity index (χ1v) is 4.97. The van der Waals surface area contributed by atoms with E-state index in [2.05, 4.69) is 5.32 Å². The van der Waals surface area contributed by atoms with Gasteiger partial charge in [-0.1, -0.05) is 0 Å². The minimum atomic E-state index is -2.25. The monoisotopic (exact) mass is 270 g/mol. The zero-order chi connectivity index (χ0) is 14.6. The Kier molecular flexibility index (Phi) is 4.51. The van der Waals surface area contributed by atoms with Crippen LogP contribution in [0.25, 0.3) is 0 Å². The van der Waals surface area contributed by atoms with Gasteiger partial charge in [0.05, 0.1) is 4.92 Å². The molecule has 0 spiro atoms. The van der Waals surface area contributed by atoms with Crippen molar-refractivity contribution in [3.05, 3.63) is 34.4 Å². The predicted molar refractivity (Wildman–Crippen MR) is 61.4 cm³/mol. The van der Waals surface area contributed by atoms with Crippen molar-refractivity contribution >= 4 is 23.3 Å². The van der Waals surface area contributed by atoms with E-state index in [1.54, 1.807) is 0 Å². The van der Waals surface area contributed by atoms with Crippen molar-refractivity contribution in [3.8, 4) is 0 Å². The molecule has 0 aliphatic carbocycles. The first-order valence-electron chi connectivity index (χ1n) is 4.97. The number of carboxylic acids is 1. The first kappa shape index (κ1) is 14.5. The van der Waals surface area contributed by atoms with Gasteiger partial charge >= 0.3 is 5.97 Å². The van der Waals surface area contributed by atoms with Crippen molar-refractivity contribution in [2.75, 3.05) is 5.32 Å². The second-order valence-electron chi connectivity index (χ2n) is 3.52. The molecule has 9 nitrogen and oxygen atoms in total. The van der Waals surface area contributed by atoms with Crippen molar-refractivity contribution in [3.63, 3.8) is 0 Å². The molecule has 2 atom stereocenters. The molecule has 0 bridgehead atoms. The van der Waals surface area contributed by atoms with Crippen LogP contribution in [0.15, 0.2) is 24.3 Å². The fourth-order valence-electron chi connectivity index (χ4n) is 1.16. The molecule has 0 saturated heterocycles. The minimum Gasteiger partial charge on any atom is -0.479 e. The lowest BCUT2D eigenvalue weighted by molar-refractivity contribution is -0.384. The van der Waals surface area contributed by atoms with E-state index in [1.165, 1.54) is 12.1 Å². The van der Waals surface area contributed by atoms with Gasteiger partial charge in [0, 0.05) is 17.8 Å². The van der Waals surface area contributed by atoms with Crippen LogP contribution in [0.5, 0.6) is 0 Å². The molecule has 1 aromatic rings. The van der Waals surface area contributed by atoms with Crippen molar-refractivity contribution in [1.29, 1.82) is 0 Å². The van der Waals surface area contributed by atoms with Gasteiger partial charge in [-0.05, 0) is 12.1 Å². The summed E-state index contributed by atoms with van der Waals surface area (Å²) in [7, 11) is 0. The Labute approximate surface area is 106 Å². The quantitative estimate of drug-likeness (QED) is 0.409. The van der Waals surface area contributed by atoms with Gasteiger partial charge in [0.1, 0.15) is 0 Å². The normalized spacial score (nSPS) is 13.4. The molecule has 0 aliphatic rings. The molecule has 1 rings (SSSR count). The van der Waals surface area contributed by atoms with E-state index in [-0.39, 0.29) is 11.4 Å². The van der Waals surface area contributed by atoms with E-state index < -0.39 is 29.0 Å². The zero-order valence-corrected chi connectivity index (χ0v) is 9.39. The number of nitro groups is 1. The molecule has 1 aromatic carbocycles. The van der Waals surface area contributed by atoms with E-state index in [0.29, 0.717) is 0 Å². The average Bonchev–Trinajstić information content (AvgIpc) is 2.37. The van der Waals surface area contributed by atoms with Gasteiger partial charge in [0.25, 0.3) is 11.6 Å². The van der Waals surface area contributed by atoms with Crippen LogP contribution in [-0.2, 0) is 9.59 Å². The second-order valence-corrected chi connectivity index (χ2v) is 3.52. The Morgan fingerprint density at radius 1 is 1.16 bits per heavy atom. The lowest BCUT2D eigenvalue weighted by Crippen LogP contribution is -2.42. The van der Waals surface area contributed by atoms with Crippen LogP contribution in [0.4, 0.5) is 11.4 Å². The number of rotatable bonds is 5. The Morgan fingerprint density at radius 3 is 2.11 bits per heavy atom. The highest BCUT2D eigenvalue weighted by atomic mass is 16.6. The van der Waals surface area contributed by atoms with Crippen LogP contribution in [0.1, 0.15) is 0 Å². The molecule has 102 valence electrons. The minimum absolute atomic E-state index is 0.118. The average molecular weight is 270 g/mol. The number of carboxylic acid groups (broad SMARTS) is 1. The molecule has 0 heterocycles. The number of aliphatic carboxylic acids is 1. The molecule has 9 heteroatoms. The standard InChI is InChI=1S/C10H10N2O7/c13-7(8(14)10(16)17)9(15)11-5-1-3-6(4-2-5)12(18)19/h1-4,7-8,13-14H,(H,11,15)(H,16,17)/t7-,8+/m0/s1. The van der Waals surface area contributed by atoms with E-state index >= 15 is 0 Å². The van der Waals surface area contributed by atoms with Crippen molar-refractivity contribution < 1.29 is 29.8 Å². The SMILES string of the molecule is O=C(Nc1ccc([N+](=O)[O-])cc1)[C@@H](O)[C@@H](O)C(=O)O. The topological polar surface area (TPSA) is 150 Å². The number of nitrogens with zero attached hydrogens (tertiary/aromatic N) is 1. The summed E-state index contributed by atoms with van der Waals surface area (Å²) >= 11 is 0. The third-order valence-electron chi connectivity index (χ3n) is 2.17. The number of anilines is 1. The molecule has 0 aliphatic heterocycles. The summed E-state index contributed by atoms with van der Waals surface area (Å²) < 4.78 is 0. The Hall–Kier alpha value is -2.52. The van der Waals surface area contributed by atoms with Crippen molar-refractivity contribution in [2.45, 2.75) is 12.2 Å². The maximum Gasteiger partial charge on any atom is 0.335 e. The third-order valence-corrected chi connectivity index (χ3v) is 2.17. The van der Waals surface area contributed by atoms with Gasteiger partial charge in [-0.2, -0.15) is 0 Å². The summed E-state index contributed by atoms with van der Waals surface area (Å²) in [6.45, 7) is 0. The summed E-state index contributed by atoms with van der Waals surface area (Å²) in [6, 6.07) is 4.65. The number of aliphatic hydroxyl groups is 2. The molecular formula is C10H10N2O7. The molecule has 0 aromatic heterocycles. The zero-order valence-electron chi connectivity index (χ0n) is 9.39. The van der Waals surface area contributed by atoms with Crippen LogP contribution in [0.2, 0.25) is 0 Å². The summed E-state index contributed by atoms with van der Waals surface area (Å²) in [5, 5.41) is 39.1. The number of nitrogens with one attached hydrogen (secondary N) is 1. The van der Waals surface area contributed by atoms with Gasteiger partial charge < -0.3 is 20.6 Å². The van der Waals surface area contributed by atoms with Crippen molar-refractivity contribution in [2.24, 2.45) is 0 Å². The summed E-state index contributed by atoms with van der Waals surface area (Å²) in [6.07, 6.45) is -4.40. The van der Waals surface area contributed by atoms with Gasteiger partial charge in [0.2, 0.25) is 0 Å². The van der Waals surface area contributed by atoms with E-state index in [4.69, 9.17) is 10.2 Å². The summed E-state index contributed by atoms with van der Waals surface area (Å²) in [5.74, 6) is -2.88. The van der Waals surface area contributed by atoms with E-state index in [1.807, 2.05) is 0 Å². The lowest BCUT2D eigenvalue weighted by Gasteiger charge is -2.13. The number of nitro benzene ring substituents is 1. The summed E-state index contributed by atoms with van der Waals surface area (Å²) in [4.78, 5) is 31.5. The van der Waals surface area contributed by atoms with Crippen LogP contribution >= 0.6 is 0 Å². The lowest BCUT2D eigenvalue weighted by atomic mass is 10.2. The van der Waals surface area contributed by atoms with Crippen molar-refractivity contribution in [1.82, 2.24) is 0 Å². The predicted octanol–water partition coefficient (Wildman–Crippen LogP) is -0.660. The number of benzene rings is 1. The highest BCUT2D eigenvalue weighted by Crippen LogP contribution is 2.15. The molecule has 0 fully saturated rings. The molecule has 1 amide bonds. The molecule has 0 radical (unpaired) electrons. The summed E-state index contributed by atoms with van der Waals surface area (Å²) in [5.41, 5.74) is -0.0728. The molecule has 0 saturated carbocycles. The molecule has 4 N–H and O–H groups in total. The number of hydrogen-bond acceptors (Lipinski definition) is 6. The number of amides is 1. The maximum absolute atomic E-state index is 11.4. The fraction of sp³-hybridized carbons (Fsp3) is 0.200. The Balaban J connectivity index is 2.71. The van der Waals surface area contributed by atoms with Crippen LogP contribution in [0.3, 0.4) is 0 Å². The molecule has 19 heavy (non-hydrogen) atoms.